The highest BCUT2D eigenvalue weighted by Crippen LogP contribution is 2.17. The van der Waals surface area contributed by atoms with Gasteiger partial charge in [-0.3, -0.25) is 4.99 Å². The normalized spacial score (nSPS) is 11.4. The minimum absolute atomic E-state index is 0.200. The van der Waals surface area contributed by atoms with E-state index in [4.69, 9.17) is 0 Å². The summed E-state index contributed by atoms with van der Waals surface area (Å²) in [5, 5.41) is 0. The van der Waals surface area contributed by atoms with Crippen molar-refractivity contribution in [3.8, 4) is 0 Å². The van der Waals surface area contributed by atoms with E-state index in [1.807, 2.05) is 42.6 Å². The van der Waals surface area contributed by atoms with Gasteiger partial charge in [-0.25, -0.2) is 4.79 Å². The van der Waals surface area contributed by atoms with Crippen molar-refractivity contribution in [2.24, 2.45) is 4.99 Å². The summed E-state index contributed by atoms with van der Waals surface area (Å²) in [4.78, 5) is 21.0. The molecule has 0 unspecified atom stereocenters. The molecule has 1 aromatic heterocycles. The van der Waals surface area contributed by atoms with Crippen molar-refractivity contribution < 1.29 is 0 Å². The smallest absolute Gasteiger partial charge is 0.306 e. The minimum Gasteiger partial charge on any atom is -0.306 e. The first kappa shape index (κ1) is 12.2. The van der Waals surface area contributed by atoms with Gasteiger partial charge in [0, 0.05) is 9.78 Å². The van der Waals surface area contributed by atoms with Crippen molar-refractivity contribution >= 4 is 45.5 Å². The number of imidazole rings is 1. The molecule has 0 saturated carbocycles. The summed E-state index contributed by atoms with van der Waals surface area (Å²) in [7, 11) is 0. The topological polar surface area (TPSA) is 61.0 Å². The quantitative estimate of drug-likeness (QED) is 0.533. The zero-order valence-corrected chi connectivity index (χ0v) is 12.0. The van der Waals surface area contributed by atoms with Gasteiger partial charge in [0.2, 0.25) is 0 Å². The van der Waals surface area contributed by atoms with Crippen LogP contribution in [0.15, 0.2) is 52.3 Å². The number of hydrogen-bond donors (Lipinski definition) is 2. The van der Waals surface area contributed by atoms with Crippen molar-refractivity contribution in [2.75, 3.05) is 0 Å². The maximum atomic E-state index is 11.2. The Labute approximate surface area is 122 Å². The zero-order valence-electron chi connectivity index (χ0n) is 9.85. The van der Waals surface area contributed by atoms with Gasteiger partial charge < -0.3 is 9.97 Å². The maximum absolute atomic E-state index is 11.2. The molecule has 2 N–H and O–H groups in total. The van der Waals surface area contributed by atoms with Crippen LogP contribution in [-0.2, 0) is 0 Å². The van der Waals surface area contributed by atoms with Crippen LogP contribution < -0.4 is 5.69 Å². The number of benzene rings is 2. The molecule has 5 heteroatoms. The van der Waals surface area contributed by atoms with E-state index in [1.165, 1.54) is 3.57 Å². The molecule has 1 heterocycles. The summed E-state index contributed by atoms with van der Waals surface area (Å²) in [6, 6.07) is 13.6. The first-order chi connectivity index (χ1) is 9.20. The SMILES string of the molecule is O=c1[nH]c2ccc(N=Cc3cccc(I)c3)cc2[nH]1. The van der Waals surface area contributed by atoms with Crippen LogP contribution in [0.1, 0.15) is 5.56 Å². The average Bonchev–Trinajstić information content (AvgIpc) is 2.75. The largest absolute Gasteiger partial charge is 0.323 e. The van der Waals surface area contributed by atoms with Crippen molar-refractivity contribution in [1.29, 1.82) is 0 Å². The summed E-state index contributed by atoms with van der Waals surface area (Å²) in [6.07, 6.45) is 1.81. The Balaban J connectivity index is 1.94. The molecule has 3 rings (SSSR count). The molecule has 2 aromatic carbocycles. The van der Waals surface area contributed by atoms with Gasteiger partial charge in [-0.2, -0.15) is 0 Å². The Kier molecular flexibility index (Phi) is 3.20. The van der Waals surface area contributed by atoms with Gasteiger partial charge in [0.05, 0.1) is 16.7 Å². The van der Waals surface area contributed by atoms with Crippen molar-refractivity contribution in [3.63, 3.8) is 0 Å². The predicted molar refractivity (Wildman–Crippen MR) is 85.3 cm³/mol. The number of H-pyrrole nitrogens is 2. The minimum atomic E-state index is -0.200. The van der Waals surface area contributed by atoms with Crippen molar-refractivity contribution in [3.05, 3.63) is 62.1 Å². The van der Waals surface area contributed by atoms with E-state index in [2.05, 4.69) is 43.6 Å². The summed E-state index contributed by atoms with van der Waals surface area (Å²) in [6.45, 7) is 0. The standard InChI is InChI=1S/C14H10IN3O/c15-10-3-1-2-9(6-10)8-16-11-4-5-12-13(7-11)18-14(19)17-12/h1-8H,(H2,17,18,19). The van der Waals surface area contributed by atoms with Crippen LogP contribution in [0.25, 0.3) is 11.0 Å². The van der Waals surface area contributed by atoms with Crippen LogP contribution in [0.4, 0.5) is 5.69 Å². The molecule has 0 radical (unpaired) electrons. The highest BCUT2D eigenvalue weighted by Gasteiger charge is 1.98. The molecule has 0 aliphatic rings. The number of nitrogens with zero attached hydrogens (tertiary/aromatic N) is 1. The number of rotatable bonds is 2. The molecule has 0 atom stereocenters. The van der Waals surface area contributed by atoms with E-state index in [0.717, 1.165) is 22.3 Å². The van der Waals surface area contributed by atoms with Crippen LogP contribution in [-0.4, -0.2) is 16.2 Å². The first-order valence-electron chi connectivity index (χ1n) is 5.72. The van der Waals surface area contributed by atoms with Gasteiger partial charge in [0.15, 0.2) is 0 Å². The number of fused-ring (bicyclic) bond motifs is 1. The lowest BCUT2D eigenvalue weighted by Crippen LogP contribution is -1.99. The maximum Gasteiger partial charge on any atom is 0.323 e. The van der Waals surface area contributed by atoms with Crippen LogP contribution in [0.2, 0.25) is 0 Å². The van der Waals surface area contributed by atoms with Gasteiger partial charge in [0.1, 0.15) is 0 Å². The molecule has 94 valence electrons. The second-order valence-corrected chi connectivity index (χ2v) is 5.37. The van der Waals surface area contributed by atoms with Crippen LogP contribution in [0.3, 0.4) is 0 Å². The Morgan fingerprint density at radius 2 is 1.89 bits per heavy atom. The third kappa shape index (κ3) is 2.76. The second-order valence-electron chi connectivity index (χ2n) is 4.12. The fourth-order valence-corrected chi connectivity index (χ4v) is 2.40. The predicted octanol–water partition coefficient (Wildman–Crippen LogP) is 3.21. The molecular weight excluding hydrogens is 353 g/mol. The molecule has 4 nitrogen and oxygen atoms in total. The Morgan fingerprint density at radius 1 is 1.05 bits per heavy atom. The fraction of sp³-hybridized carbons (Fsp3) is 0. The third-order valence-corrected chi connectivity index (χ3v) is 3.38. The van der Waals surface area contributed by atoms with E-state index in [0.29, 0.717) is 0 Å². The molecule has 0 spiro atoms. The highest BCUT2D eigenvalue weighted by atomic mass is 127. The summed E-state index contributed by atoms with van der Waals surface area (Å²) in [5.74, 6) is 0. The van der Waals surface area contributed by atoms with Gasteiger partial charge in [-0.15, -0.1) is 0 Å². The number of nitrogens with one attached hydrogen (secondary N) is 2. The second kappa shape index (κ2) is 5.00. The number of hydrogen-bond acceptors (Lipinski definition) is 2. The van der Waals surface area contributed by atoms with E-state index < -0.39 is 0 Å². The van der Waals surface area contributed by atoms with Gasteiger partial charge in [-0.1, -0.05) is 12.1 Å². The van der Waals surface area contributed by atoms with E-state index in [-0.39, 0.29) is 5.69 Å². The van der Waals surface area contributed by atoms with E-state index in [9.17, 15) is 4.79 Å². The third-order valence-electron chi connectivity index (χ3n) is 2.71. The van der Waals surface area contributed by atoms with Gasteiger partial charge in [0.25, 0.3) is 0 Å². The van der Waals surface area contributed by atoms with Crippen LogP contribution in [0.5, 0.6) is 0 Å². The molecule has 0 amide bonds. The zero-order chi connectivity index (χ0) is 13.2. The number of aromatic nitrogens is 2. The van der Waals surface area contributed by atoms with E-state index in [1.54, 1.807) is 0 Å². The summed E-state index contributed by atoms with van der Waals surface area (Å²) in [5.41, 5.74) is 3.21. The molecular formula is C14H10IN3O. The van der Waals surface area contributed by atoms with Crippen LogP contribution in [0, 0.1) is 3.57 Å². The van der Waals surface area contributed by atoms with Crippen molar-refractivity contribution in [2.45, 2.75) is 0 Å². The van der Waals surface area contributed by atoms with Crippen molar-refractivity contribution in [1.82, 2.24) is 9.97 Å². The molecule has 0 aliphatic carbocycles. The lowest BCUT2D eigenvalue weighted by atomic mass is 10.2. The molecule has 0 saturated heterocycles. The number of halogens is 1. The molecule has 19 heavy (non-hydrogen) atoms. The Hall–Kier alpha value is -1.89. The number of aliphatic imine (C=N–C) groups is 1. The van der Waals surface area contributed by atoms with E-state index >= 15 is 0 Å². The molecule has 0 bridgehead atoms. The molecule has 3 aromatic rings. The lowest BCUT2D eigenvalue weighted by molar-refractivity contribution is 1.21. The fourth-order valence-electron chi connectivity index (χ4n) is 1.84. The highest BCUT2D eigenvalue weighted by molar-refractivity contribution is 14.1. The summed E-state index contributed by atoms with van der Waals surface area (Å²) < 4.78 is 1.17. The molecule has 0 aliphatic heterocycles. The average molecular weight is 363 g/mol. The first-order valence-corrected chi connectivity index (χ1v) is 6.80. The van der Waals surface area contributed by atoms with Gasteiger partial charge >= 0.3 is 5.69 Å². The Bertz CT molecular complexity index is 817. The van der Waals surface area contributed by atoms with Crippen LogP contribution >= 0.6 is 22.6 Å². The van der Waals surface area contributed by atoms with Gasteiger partial charge in [-0.05, 0) is 58.5 Å². The monoisotopic (exact) mass is 363 g/mol. The lowest BCUT2D eigenvalue weighted by Gasteiger charge is -1.96. The molecule has 0 fully saturated rings. The Morgan fingerprint density at radius 3 is 2.74 bits per heavy atom. The number of aromatic amines is 2. The summed E-state index contributed by atoms with van der Waals surface area (Å²) >= 11 is 2.27.